The zero-order valence-electron chi connectivity index (χ0n) is 14.3. The molecule has 1 saturated heterocycles. The number of carbonyl (C=O) groups excluding carboxylic acids is 2. The van der Waals surface area contributed by atoms with Crippen LogP contribution in [0.25, 0.3) is 0 Å². The van der Waals surface area contributed by atoms with Crippen LogP contribution in [-0.4, -0.2) is 49.1 Å². The van der Waals surface area contributed by atoms with Crippen molar-refractivity contribution in [1.82, 2.24) is 10.2 Å². The summed E-state index contributed by atoms with van der Waals surface area (Å²) in [7, 11) is 1.56. The van der Waals surface area contributed by atoms with Crippen LogP contribution in [0.5, 0.6) is 0 Å². The van der Waals surface area contributed by atoms with Crippen molar-refractivity contribution in [3.05, 3.63) is 35.6 Å². The average molecular weight is 336 g/mol. The zero-order valence-corrected chi connectivity index (χ0v) is 14.3. The Morgan fingerprint density at radius 2 is 2.04 bits per heavy atom. The average Bonchev–Trinajstić information content (AvgIpc) is 2.56. The first-order valence-corrected chi connectivity index (χ1v) is 8.31. The third kappa shape index (κ3) is 5.03. The number of benzene rings is 1. The standard InChI is InChI=1S/C18H25FN2O3/c1-13(22)21-10-3-4-16(20-18(23)9-11-24-2)17(21)12-14-5-7-15(19)8-6-14/h5-8,16-17H,3-4,9-12H2,1-2H3,(H,20,23)/t16-,17-/m0/s1. The first-order chi connectivity index (χ1) is 11.5. The molecule has 0 radical (unpaired) electrons. The van der Waals surface area contributed by atoms with E-state index in [9.17, 15) is 14.0 Å². The van der Waals surface area contributed by atoms with Crippen LogP contribution in [0.4, 0.5) is 4.39 Å². The largest absolute Gasteiger partial charge is 0.384 e. The van der Waals surface area contributed by atoms with Crippen molar-refractivity contribution in [3.63, 3.8) is 0 Å². The minimum Gasteiger partial charge on any atom is -0.384 e. The predicted molar refractivity (Wildman–Crippen MR) is 88.9 cm³/mol. The quantitative estimate of drug-likeness (QED) is 0.863. The minimum atomic E-state index is -0.282. The number of likely N-dealkylation sites (tertiary alicyclic amines) is 1. The summed E-state index contributed by atoms with van der Waals surface area (Å²) >= 11 is 0. The molecule has 0 unspecified atom stereocenters. The van der Waals surface area contributed by atoms with Crippen LogP contribution in [0.15, 0.2) is 24.3 Å². The maximum Gasteiger partial charge on any atom is 0.222 e. The van der Waals surface area contributed by atoms with E-state index in [4.69, 9.17) is 4.74 Å². The molecule has 2 atom stereocenters. The lowest BCUT2D eigenvalue weighted by Crippen LogP contribution is -2.57. The Bertz CT molecular complexity index is 562. The molecule has 0 bridgehead atoms. The second kappa shape index (κ2) is 8.78. The molecule has 1 aromatic carbocycles. The molecule has 6 heteroatoms. The van der Waals surface area contributed by atoms with Crippen LogP contribution >= 0.6 is 0 Å². The number of piperidine rings is 1. The van der Waals surface area contributed by atoms with Gasteiger partial charge in [-0.25, -0.2) is 4.39 Å². The van der Waals surface area contributed by atoms with E-state index in [0.29, 0.717) is 26.0 Å². The summed E-state index contributed by atoms with van der Waals surface area (Å²) in [6, 6.07) is 6.08. The van der Waals surface area contributed by atoms with Crippen LogP contribution < -0.4 is 5.32 Å². The normalized spacial score (nSPS) is 20.7. The molecule has 5 nitrogen and oxygen atoms in total. The second-order valence-electron chi connectivity index (χ2n) is 6.17. The Kier molecular flexibility index (Phi) is 6.73. The fourth-order valence-electron chi connectivity index (χ4n) is 3.20. The minimum absolute atomic E-state index is 0.00190. The highest BCUT2D eigenvalue weighted by Gasteiger charge is 2.33. The molecular weight excluding hydrogens is 311 g/mol. The van der Waals surface area contributed by atoms with E-state index in [1.54, 1.807) is 26.2 Å². The summed E-state index contributed by atoms with van der Waals surface area (Å²) in [5.41, 5.74) is 0.950. The first kappa shape index (κ1) is 18.4. The van der Waals surface area contributed by atoms with Gasteiger partial charge in [0.25, 0.3) is 0 Å². The van der Waals surface area contributed by atoms with E-state index in [0.717, 1.165) is 18.4 Å². The maximum absolute atomic E-state index is 13.1. The molecule has 2 amide bonds. The summed E-state index contributed by atoms with van der Waals surface area (Å²) in [5.74, 6) is -0.357. The van der Waals surface area contributed by atoms with E-state index in [1.165, 1.54) is 12.1 Å². The molecule has 0 aliphatic carbocycles. The predicted octanol–water partition coefficient (Wildman–Crippen LogP) is 1.90. The van der Waals surface area contributed by atoms with Crippen molar-refractivity contribution in [2.24, 2.45) is 0 Å². The first-order valence-electron chi connectivity index (χ1n) is 8.31. The van der Waals surface area contributed by atoms with Gasteiger partial charge in [0.2, 0.25) is 11.8 Å². The summed E-state index contributed by atoms with van der Waals surface area (Å²) in [6.07, 6.45) is 2.58. The van der Waals surface area contributed by atoms with Crippen molar-refractivity contribution in [3.8, 4) is 0 Å². The molecule has 132 valence electrons. The molecule has 24 heavy (non-hydrogen) atoms. The van der Waals surface area contributed by atoms with E-state index < -0.39 is 0 Å². The van der Waals surface area contributed by atoms with Gasteiger partial charge in [-0.2, -0.15) is 0 Å². The number of hydrogen-bond donors (Lipinski definition) is 1. The van der Waals surface area contributed by atoms with Crippen molar-refractivity contribution < 1.29 is 18.7 Å². The topological polar surface area (TPSA) is 58.6 Å². The summed E-state index contributed by atoms with van der Waals surface area (Å²) in [5, 5.41) is 3.03. The molecule has 1 fully saturated rings. The Morgan fingerprint density at radius 1 is 1.33 bits per heavy atom. The smallest absolute Gasteiger partial charge is 0.222 e. The molecule has 1 aromatic rings. The van der Waals surface area contributed by atoms with E-state index >= 15 is 0 Å². The summed E-state index contributed by atoms with van der Waals surface area (Å²) < 4.78 is 18.0. The number of nitrogens with one attached hydrogen (secondary N) is 1. The lowest BCUT2D eigenvalue weighted by atomic mass is 9.90. The van der Waals surface area contributed by atoms with Crippen LogP contribution in [0.3, 0.4) is 0 Å². The fourth-order valence-corrected chi connectivity index (χ4v) is 3.20. The van der Waals surface area contributed by atoms with Crippen molar-refractivity contribution in [1.29, 1.82) is 0 Å². The number of nitrogens with zero attached hydrogens (tertiary/aromatic N) is 1. The number of carbonyl (C=O) groups is 2. The maximum atomic E-state index is 13.1. The number of methoxy groups -OCH3 is 1. The number of hydrogen-bond acceptors (Lipinski definition) is 3. The Hall–Kier alpha value is -1.95. The third-order valence-corrected chi connectivity index (χ3v) is 4.42. The monoisotopic (exact) mass is 336 g/mol. The Labute approximate surface area is 142 Å². The van der Waals surface area contributed by atoms with Gasteiger partial charge in [0, 0.05) is 33.0 Å². The van der Waals surface area contributed by atoms with Crippen LogP contribution in [0, 0.1) is 5.82 Å². The van der Waals surface area contributed by atoms with E-state index in [1.807, 2.05) is 4.90 Å². The highest BCUT2D eigenvalue weighted by atomic mass is 19.1. The molecule has 0 spiro atoms. The Morgan fingerprint density at radius 3 is 2.67 bits per heavy atom. The molecule has 0 saturated carbocycles. The molecule has 0 aromatic heterocycles. The van der Waals surface area contributed by atoms with Gasteiger partial charge >= 0.3 is 0 Å². The SMILES string of the molecule is COCCC(=O)N[C@H]1CCCN(C(C)=O)[C@H]1Cc1ccc(F)cc1. The number of rotatable bonds is 6. The van der Waals surface area contributed by atoms with Gasteiger partial charge in [0.15, 0.2) is 0 Å². The van der Waals surface area contributed by atoms with Gasteiger partial charge in [0.1, 0.15) is 5.82 Å². The highest BCUT2D eigenvalue weighted by Crippen LogP contribution is 2.22. The number of ether oxygens (including phenoxy) is 1. The molecule has 1 aliphatic heterocycles. The molecule has 1 N–H and O–H groups in total. The van der Waals surface area contributed by atoms with Gasteiger partial charge < -0.3 is 15.0 Å². The van der Waals surface area contributed by atoms with Crippen molar-refractivity contribution >= 4 is 11.8 Å². The van der Waals surface area contributed by atoms with Crippen molar-refractivity contribution in [2.45, 2.75) is 44.7 Å². The molecule has 1 heterocycles. The fraction of sp³-hybridized carbons (Fsp3) is 0.556. The second-order valence-corrected chi connectivity index (χ2v) is 6.17. The molecule has 1 aliphatic rings. The van der Waals surface area contributed by atoms with Gasteiger partial charge in [-0.15, -0.1) is 0 Å². The highest BCUT2D eigenvalue weighted by molar-refractivity contribution is 5.77. The molecular formula is C18H25FN2O3. The van der Waals surface area contributed by atoms with Crippen LogP contribution in [-0.2, 0) is 20.7 Å². The lowest BCUT2D eigenvalue weighted by molar-refractivity contribution is -0.135. The summed E-state index contributed by atoms with van der Waals surface area (Å²) in [6.45, 7) is 2.61. The number of halogens is 1. The Balaban J connectivity index is 2.11. The zero-order chi connectivity index (χ0) is 17.5. The van der Waals surface area contributed by atoms with Gasteiger partial charge in [-0.05, 0) is 37.0 Å². The summed E-state index contributed by atoms with van der Waals surface area (Å²) in [4.78, 5) is 25.8. The number of amides is 2. The third-order valence-electron chi connectivity index (χ3n) is 4.42. The van der Waals surface area contributed by atoms with Crippen LogP contribution in [0.1, 0.15) is 31.7 Å². The van der Waals surface area contributed by atoms with E-state index in [2.05, 4.69) is 5.32 Å². The van der Waals surface area contributed by atoms with Crippen LogP contribution in [0.2, 0.25) is 0 Å². The molecule has 2 rings (SSSR count). The van der Waals surface area contributed by atoms with Crippen molar-refractivity contribution in [2.75, 3.05) is 20.3 Å². The lowest BCUT2D eigenvalue weighted by Gasteiger charge is -2.41. The van der Waals surface area contributed by atoms with E-state index in [-0.39, 0.29) is 29.7 Å². The van der Waals surface area contributed by atoms with Gasteiger partial charge in [-0.1, -0.05) is 12.1 Å². The van der Waals surface area contributed by atoms with Gasteiger partial charge in [0.05, 0.1) is 12.6 Å². The van der Waals surface area contributed by atoms with Gasteiger partial charge in [-0.3, -0.25) is 9.59 Å².